The lowest BCUT2D eigenvalue weighted by Crippen LogP contribution is -2.52. The number of halogens is 1. The third kappa shape index (κ3) is 3.91. The molecule has 0 aromatic heterocycles. The Morgan fingerprint density at radius 1 is 1.62 bits per heavy atom. The van der Waals surface area contributed by atoms with Crippen molar-refractivity contribution in [3.8, 4) is 0 Å². The molecule has 1 aliphatic rings. The molecule has 1 aromatic rings. The first-order valence-corrected chi connectivity index (χ1v) is 7.43. The largest absolute Gasteiger partial charge is 0.389 e. The highest BCUT2D eigenvalue weighted by Crippen LogP contribution is 2.21. The van der Waals surface area contributed by atoms with E-state index in [1.54, 1.807) is 13.1 Å². The summed E-state index contributed by atoms with van der Waals surface area (Å²) in [6.07, 6.45) is 0. The van der Waals surface area contributed by atoms with Crippen molar-refractivity contribution in [3.05, 3.63) is 34.3 Å². The van der Waals surface area contributed by atoms with Crippen LogP contribution in [-0.2, 0) is 16.1 Å². The SMILES string of the molecule is CNC(=O)C1COCCN1Cc1ccc(C(N)=S)cc1Cl. The van der Waals surface area contributed by atoms with Crippen molar-refractivity contribution in [1.82, 2.24) is 10.2 Å². The van der Waals surface area contributed by atoms with Crippen LogP contribution in [0.3, 0.4) is 0 Å². The first kappa shape index (κ1) is 16.2. The maximum absolute atomic E-state index is 11.9. The summed E-state index contributed by atoms with van der Waals surface area (Å²) in [5.41, 5.74) is 7.27. The second-order valence-electron chi connectivity index (χ2n) is 4.85. The number of amides is 1. The lowest BCUT2D eigenvalue weighted by Gasteiger charge is -2.34. The maximum atomic E-state index is 11.9. The number of carbonyl (C=O) groups is 1. The molecule has 0 saturated carbocycles. The van der Waals surface area contributed by atoms with Gasteiger partial charge in [-0.2, -0.15) is 0 Å². The number of hydrogen-bond acceptors (Lipinski definition) is 4. The van der Waals surface area contributed by atoms with Crippen LogP contribution in [0.1, 0.15) is 11.1 Å². The fourth-order valence-electron chi connectivity index (χ4n) is 2.28. The summed E-state index contributed by atoms with van der Waals surface area (Å²) in [5.74, 6) is -0.0504. The normalized spacial score (nSPS) is 19.2. The van der Waals surface area contributed by atoms with Crippen LogP contribution in [0.5, 0.6) is 0 Å². The Balaban J connectivity index is 2.15. The van der Waals surface area contributed by atoms with E-state index >= 15 is 0 Å². The Bertz CT molecular complexity index is 553. The minimum absolute atomic E-state index is 0.0504. The molecule has 3 N–H and O–H groups in total. The summed E-state index contributed by atoms with van der Waals surface area (Å²) >= 11 is 11.2. The van der Waals surface area contributed by atoms with Gasteiger partial charge in [0.2, 0.25) is 5.91 Å². The third-order valence-corrected chi connectivity index (χ3v) is 4.09. The van der Waals surface area contributed by atoms with Gasteiger partial charge in [0, 0.05) is 30.7 Å². The predicted molar refractivity (Wildman–Crippen MR) is 86.4 cm³/mol. The number of thiocarbonyl (C=S) groups is 1. The number of benzene rings is 1. The average Bonchev–Trinajstić information content (AvgIpc) is 2.49. The fraction of sp³-hybridized carbons (Fsp3) is 0.429. The molecule has 5 nitrogen and oxygen atoms in total. The van der Waals surface area contributed by atoms with Gasteiger partial charge in [0.05, 0.1) is 13.2 Å². The zero-order chi connectivity index (χ0) is 15.4. The average molecular weight is 328 g/mol. The van der Waals surface area contributed by atoms with Crippen LogP contribution >= 0.6 is 23.8 Å². The van der Waals surface area contributed by atoms with Crippen LogP contribution in [0.25, 0.3) is 0 Å². The highest BCUT2D eigenvalue weighted by atomic mass is 35.5. The molecule has 0 bridgehead atoms. The second-order valence-corrected chi connectivity index (χ2v) is 5.69. The summed E-state index contributed by atoms with van der Waals surface area (Å²) in [6, 6.07) is 5.20. The van der Waals surface area contributed by atoms with Gasteiger partial charge in [0.1, 0.15) is 11.0 Å². The number of likely N-dealkylation sites (N-methyl/N-ethyl adjacent to an activating group) is 1. The number of hydrogen-bond donors (Lipinski definition) is 2. The van der Waals surface area contributed by atoms with Crippen LogP contribution in [0, 0.1) is 0 Å². The topological polar surface area (TPSA) is 67.6 Å². The third-order valence-electron chi connectivity index (χ3n) is 3.50. The van der Waals surface area contributed by atoms with Crippen molar-refractivity contribution in [1.29, 1.82) is 0 Å². The number of nitrogens with one attached hydrogen (secondary N) is 1. The van der Waals surface area contributed by atoms with Gasteiger partial charge in [0.15, 0.2) is 0 Å². The Morgan fingerprint density at radius 2 is 2.38 bits per heavy atom. The Labute approximate surface area is 134 Å². The maximum Gasteiger partial charge on any atom is 0.239 e. The summed E-state index contributed by atoms with van der Waals surface area (Å²) in [4.78, 5) is 14.3. The molecule has 2 rings (SSSR count). The molecule has 114 valence electrons. The molecule has 7 heteroatoms. The Morgan fingerprint density at radius 3 is 3.00 bits per heavy atom. The van der Waals surface area contributed by atoms with Crippen molar-refractivity contribution in [3.63, 3.8) is 0 Å². The lowest BCUT2D eigenvalue weighted by molar-refractivity contribution is -0.132. The molecule has 1 amide bonds. The van der Waals surface area contributed by atoms with Crippen LogP contribution in [0.2, 0.25) is 5.02 Å². The summed E-state index contributed by atoms with van der Waals surface area (Å²) < 4.78 is 5.38. The van der Waals surface area contributed by atoms with Crippen molar-refractivity contribution in [2.45, 2.75) is 12.6 Å². The van der Waals surface area contributed by atoms with Gasteiger partial charge in [-0.15, -0.1) is 0 Å². The van der Waals surface area contributed by atoms with Gasteiger partial charge in [0.25, 0.3) is 0 Å². The minimum Gasteiger partial charge on any atom is -0.389 e. The van der Waals surface area contributed by atoms with E-state index in [4.69, 9.17) is 34.3 Å². The van der Waals surface area contributed by atoms with Crippen LogP contribution in [0.4, 0.5) is 0 Å². The zero-order valence-electron chi connectivity index (χ0n) is 11.8. The molecule has 1 saturated heterocycles. The molecule has 1 aliphatic heterocycles. The number of ether oxygens (including phenoxy) is 1. The van der Waals surface area contributed by atoms with E-state index in [0.29, 0.717) is 36.3 Å². The van der Waals surface area contributed by atoms with E-state index < -0.39 is 0 Å². The highest BCUT2D eigenvalue weighted by Gasteiger charge is 2.29. The molecule has 1 aromatic carbocycles. The van der Waals surface area contributed by atoms with Crippen LogP contribution in [-0.4, -0.2) is 48.6 Å². The molecular formula is C14H18ClN3O2S. The van der Waals surface area contributed by atoms with E-state index in [2.05, 4.69) is 10.2 Å². The van der Waals surface area contributed by atoms with E-state index in [1.807, 2.05) is 12.1 Å². The quantitative estimate of drug-likeness (QED) is 0.805. The van der Waals surface area contributed by atoms with Crippen molar-refractivity contribution in [2.24, 2.45) is 5.73 Å². The predicted octanol–water partition coefficient (Wildman–Crippen LogP) is 0.921. The standard InChI is InChI=1S/C14H18ClN3O2S/c1-17-14(19)12-8-20-5-4-18(12)7-10-3-2-9(13(16)21)6-11(10)15/h2-3,6,12H,4-5,7-8H2,1H3,(H2,16,21)(H,17,19). The van der Waals surface area contributed by atoms with E-state index in [9.17, 15) is 4.79 Å². The lowest BCUT2D eigenvalue weighted by atomic mass is 10.1. The Hall–Kier alpha value is -1.21. The number of morpholine rings is 1. The molecule has 1 fully saturated rings. The van der Waals surface area contributed by atoms with Crippen LogP contribution in [0.15, 0.2) is 18.2 Å². The molecule has 0 spiro atoms. The minimum atomic E-state index is -0.296. The molecule has 0 aliphatic carbocycles. The monoisotopic (exact) mass is 327 g/mol. The summed E-state index contributed by atoms with van der Waals surface area (Å²) in [5, 5.41) is 3.26. The fourth-order valence-corrected chi connectivity index (χ4v) is 2.65. The number of carbonyl (C=O) groups excluding carboxylic acids is 1. The van der Waals surface area contributed by atoms with Crippen molar-refractivity contribution in [2.75, 3.05) is 26.8 Å². The molecule has 1 atom stereocenters. The number of nitrogens with two attached hydrogens (primary N) is 1. The van der Waals surface area contributed by atoms with Crippen molar-refractivity contribution < 1.29 is 9.53 Å². The molecule has 0 radical (unpaired) electrons. The highest BCUT2D eigenvalue weighted by molar-refractivity contribution is 7.80. The van der Waals surface area contributed by atoms with E-state index in [1.165, 1.54) is 0 Å². The Kier molecular flexibility index (Phi) is 5.52. The number of rotatable bonds is 4. The zero-order valence-corrected chi connectivity index (χ0v) is 13.3. The van der Waals surface area contributed by atoms with Gasteiger partial charge in [-0.25, -0.2) is 0 Å². The number of nitrogens with zero attached hydrogens (tertiary/aromatic N) is 1. The van der Waals surface area contributed by atoms with E-state index in [0.717, 1.165) is 11.1 Å². The summed E-state index contributed by atoms with van der Waals surface area (Å²) in [7, 11) is 1.62. The first-order valence-electron chi connectivity index (χ1n) is 6.64. The second kappa shape index (κ2) is 7.17. The smallest absolute Gasteiger partial charge is 0.239 e. The van der Waals surface area contributed by atoms with E-state index in [-0.39, 0.29) is 11.9 Å². The van der Waals surface area contributed by atoms with Gasteiger partial charge < -0.3 is 15.8 Å². The molecule has 1 unspecified atom stereocenters. The van der Waals surface area contributed by atoms with Crippen LogP contribution < -0.4 is 11.1 Å². The van der Waals surface area contributed by atoms with Gasteiger partial charge in [-0.1, -0.05) is 36.0 Å². The molecule has 21 heavy (non-hydrogen) atoms. The first-order chi connectivity index (χ1) is 10.0. The molecular weight excluding hydrogens is 310 g/mol. The summed E-state index contributed by atoms with van der Waals surface area (Å²) in [6.45, 7) is 2.27. The van der Waals surface area contributed by atoms with Gasteiger partial charge in [-0.3, -0.25) is 9.69 Å². The van der Waals surface area contributed by atoms with Crippen molar-refractivity contribution >= 4 is 34.7 Å². The van der Waals surface area contributed by atoms with Gasteiger partial charge >= 0.3 is 0 Å². The molecule has 1 heterocycles. The van der Waals surface area contributed by atoms with Gasteiger partial charge in [-0.05, 0) is 11.6 Å².